The zero-order valence-corrected chi connectivity index (χ0v) is 14.4. The van der Waals surface area contributed by atoms with Gasteiger partial charge in [0.15, 0.2) is 0 Å². The Kier molecular flexibility index (Phi) is 5.23. The summed E-state index contributed by atoms with van der Waals surface area (Å²) in [7, 11) is -3.68. The number of benzene rings is 1. The van der Waals surface area contributed by atoms with E-state index in [0.717, 1.165) is 5.56 Å². The maximum Gasteiger partial charge on any atom is 0.243 e. The van der Waals surface area contributed by atoms with Gasteiger partial charge in [0.05, 0.1) is 18.8 Å². The molecule has 6 nitrogen and oxygen atoms in total. The second kappa shape index (κ2) is 6.82. The summed E-state index contributed by atoms with van der Waals surface area (Å²) in [5, 5.41) is 14.0. The van der Waals surface area contributed by atoms with Crippen molar-refractivity contribution in [3.63, 3.8) is 0 Å². The van der Waals surface area contributed by atoms with Gasteiger partial charge >= 0.3 is 0 Å². The predicted octanol–water partition coefficient (Wildman–Crippen LogP) is 1.62. The molecule has 1 aromatic heterocycles. The van der Waals surface area contributed by atoms with Crippen molar-refractivity contribution >= 4 is 10.0 Å². The number of aromatic nitrogens is 2. The number of nitrogens with zero attached hydrogens (tertiary/aromatic N) is 2. The highest BCUT2D eigenvalue weighted by molar-refractivity contribution is 7.89. The zero-order chi connectivity index (χ0) is 17.1. The molecule has 23 heavy (non-hydrogen) atoms. The van der Waals surface area contributed by atoms with Crippen LogP contribution in [0.2, 0.25) is 0 Å². The van der Waals surface area contributed by atoms with Crippen molar-refractivity contribution in [3.8, 4) is 0 Å². The number of aliphatic hydroxyl groups is 1. The Morgan fingerprint density at radius 1 is 1.26 bits per heavy atom. The van der Waals surface area contributed by atoms with Gasteiger partial charge in [0.25, 0.3) is 0 Å². The van der Waals surface area contributed by atoms with Gasteiger partial charge in [-0.1, -0.05) is 51.1 Å². The molecule has 2 rings (SSSR count). The summed E-state index contributed by atoms with van der Waals surface area (Å²) in [6, 6.07) is 9.67. The molecule has 0 fully saturated rings. The van der Waals surface area contributed by atoms with E-state index in [9.17, 15) is 13.5 Å². The minimum atomic E-state index is -3.68. The fourth-order valence-electron chi connectivity index (χ4n) is 1.92. The van der Waals surface area contributed by atoms with Crippen molar-refractivity contribution in [1.29, 1.82) is 0 Å². The Hall–Kier alpha value is -1.70. The van der Waals surface area contributed by atoms with Crippen molar-refractivity contribution in [3.05, 3.63) is 48.3 Å². The average Bonchev–Trinajstić information content (AvgIpc) is 2.94. The van der Waals surface area contributed by atoms with Gasteiger partial charge in [0.1, 0.15) is 4.90 Å². The quantitative estimate of drug-likeness (QED) is 0.839. The van der Waals surface area contributed by atoms with Crippen molar-refractivity contribution in [2.45, 2.75) is 38.3 Å². The maximum atomic E-state index is 12.3. The van der Waals surface area contributed by atoms with Crippen molar-refractivity contribution in [2.24, 2.45) is 5.41 Å². The molecule has 1 aromatic carbocycles. The van der Waals surface area contributed by atoms with E-state index < -0.39 is 16.1 Å². The second-order valence-electron chi connectivity index (χ2n) is 6.59. The molecule has 126 valence electrons. The minimum absolute atomic E-state index is 0.0320. The third kappa shape index (κ3) is 4.89. The second-order valence-corrected chi connectivity index (χ2v) is 8.36. The lowest BCUT2D eigenvalue weighted by molar-refractivity contribution is 0.0677. The Bertz CT molecular complexity index is 733. The van der Waals surface area contributed by atoms with Gasteiger partial charge in [-0.3, -0.25) is 4.68 Å². The van der Waals surface area contributed by atoms with Crippen LogP contribution in [0, 0.1) is 5.41 Å². The first-order valence-electron chi connectivity index (χ1n) is 7.42. The molecule has 0 saturated carbocycles. The molecule has 0 radical (unpaired) electrons. The van der Waals surface area contributed by atoms with Crippen LogP contribution in [0.4, 0.5) is 0 Å². The first-order valence-corrected chi connectivity index (χ1v) is 8.91. The molecule has 2 aromatic rings. The summed E-state index contributed by atoms with van der Waals surface area (Å²) in [5.41, 5.74) is 0.649. The standard InChI is InChI=1S/C16H23N3O3S/c1-16(2,3)15(20)10-18-23(21,22)14-9-17-19(12-14)11-13-7-5-4-6-8-13/h4-9,12,15,18,20H,10-11H2,1-3H3. The van der Waals surface area contributed by atoms with E-state index >= 15 is 0 Å². The first-order chi connectivity index (χ1) is 10.7. The number of sulfonamides is 1. The summed E-state index contributed by atoms with van der Waals surface area (Å²) in [4.78, 5) is 0.0922. The van der Waals surface area contributed by atoms with Gasteiger partial charge < -0.3 is 5.11 Å². The van der Waals surface area contributed by atoms with Crippen molar-refractivity contribution < 1.29 is 13.5 Å². The molecular formula is C16H23N3O3S. The lowest BCUT2D eigenvalue weighted by atomic mass is 9.89. The first kappa shape index (κ1) is 17.7. The van der Waals surface area contributed by atoms with Crippen LogP contribution in [0.1, 0.15) is 26.3 Å². The predicted molar refractivity (Wildman–Crippen MR) is 88.4 cm³/mol. The molecule has 0 bridgehead atoms. The number of hydrogen-bond donors (Lipinski definition) is 2. The molecule has 0 aliphatic carbocycles. The van der Waals surface area contributed by atoms with Crippen LogP contribution in [-0.4, -0.2) is 36.0 Å². The minimum Gasteiger partial charge on any atom is -0.391 e. The number of aliphatic hydroxyl groups excluding tert-OH is 1. The van der Waals surface area contributed by atoms with Gasteiger partial charge in [-0.25, -0.2) is 13.1 Å². The highest BCUT2D eigenvalue weighted by atomic mass is 32.2. The topological polar surface area (TPSA) is 84.2 Å². The monoisotopic (exact) mass is 337 g/mol. The molecule has 1 unspecified atom stereocenters. The largest absolute Gasteiger partial charge is 0.391 e. The van der Waals surface area contributed by atoms with Crippen LogP contribution in [0.15, 0.2) is 47.6 Å². The fourth-order valence-corrected chi connectivity index (χ4v) is 2.91. The molecule has 0 spiro atoms. The Morgan fingerprint density at radius 3 is 2.52 bits per heavy atom. The summed E-state index contributed by atoms with van der Waals surface area (Å²) < 4.78 is 28.5. The molecule has 0 aliphatic rings. The van der Waals surface area contributed by atoms with E-state index in [0.29, 0.717) is 6.54 Å². The normalized spacial score (nSPS) is 13.9. The highest BCUT2D eigenvalue weighted by Crippen LogP contribution is 2.19. The average molecular weight is 337 g/mol. The smallest absolute Gasteiger partial charge is 0.243 e. The van der Waals surface area contributed by atoms with E-state index in [1.807, 2.05) is 51.1 Å². The van der Waals surface area contributed by atoms with Crippen LogP contribution in [0.25, 0.3) is 0 Å². The summed E-state index contributed by atoms with van der Waals surface area (Å²) in [5.74, 6) is 0. The summed E-state index contributed by atoms with van der Waals surface area (Å²) in [6.45, 7) is 6.02. The lowest BCUT2D eigenvalue weighted by Crippen LogP contribution is -2.39. The summed E-state index contributed by atoms with van der Waals surface area (Å²) >= 11 is 0. The number of nitrogens with one attached hydrogen (secondary N) is 1. The van der Waals surface area contributed by atoms with Crippen LogP contribution in [-0.2, 0) is 16.6 Å². The number of hydrogen-bond acceptors (Lipinski definition) is 4. The van der Waals surface area contributed by atoms with Gasteiger partial charge in [-0.2, -0.15) is 5.10 Å². The van der Waals surface area contributed by atoms with E-state index in [2.05, 4.69) is 9.82 Å². The molecule has 1 atom stereocenters. The van der Waals surface area contributed by atoms with E-state index in [1.54, 1.807) is 4.68 Å². The molecule has 0 saturated heterocycles. The summed E-state index contributed by atoms with van der Waals surface area (Å²) in [6.07, 6.45) is 2.03. The molecule has 0 amide bonds. The van der Waals surface area contributed by atoms with Crippen LogP contribution >= 0.6 is 0 Å². The van der Waals surface area contributed by atoms with Crippen LogP contribution in [0.5, 0.6) is 0 Å². The molecule has 2 N–H and O–H groups in total. The molecular weight excluding hydrogens is 314 g/mol. The van der Waals surface area contributed by atoms with E-state index in [1.165, 1.54) is 12.4 Å². The molecule has 7 heteroatoms. The Labute approximate surface area is 137 Å². The fraction of sp³-hybridized carbons (Fsp3) is 0.438. The molecule has 0 aliphatic heterocycles. The van der Waals surface area contributed by atoms with Gasteiger partial charge in [0.2, 0.25) is 10.0 Å². The van der Waals surface area contributed by atoms with Crippen molar-refractivity contribution in [2.75, 3.05) is 6.54 Å². The zero-order valence-electron chi connectivity index (χ0n) is 13.6. The molecule has 1 heterocycles. The van der Waals surface area contributed by atoms with E-state index in [4.69, 9.17) is 0 Å². The SMILES string of the molecule is CC(C)(C)C(O)CNS(=O)(=O)c1cnn(Cc2ccccc2)c1. The highest BCUT2D eigenvalue weighted by Gasteiger charge is 2.25. The van der Waals surface area contributed by atoms with Crippen LogP contribution < -0.4 is 4.72 Å². The van der Waals surface area contributed by atoms with E-state index in [-0.39, 0.29) is 16.9 Å². The maximum absolute atomic E-state index is 12.3. The Balaban J connectivity index is 2.04. The Morgan fingerprint density at radius 2 is 1.91 bits per heavy atom. The lowest BCUT2D eigenvalue weighted by Gasteiger charge is -2.25. The third-order valence-corrected chi connectivity index (χ3v) is 4.95. The van der Waals surface area contributed by atoms with Gasteiger partial charge in [-0.05, 0) is 11.0 Å². The van der Waals surface area contributed by atoms with Gasteiger partial charge in [0, 0.05) is 12.7 Å². The number of rotatable bonds is 6. The third-order valence-electron chi connectivity index (χ3n) is 3.57. The van der Waals surface area contributed by atoms with Gasteiger partial charge in [-0.15, -0.1) is 0 Å². The van der Waals surface area contributed by atoms with Crippen molar-refractivity contribution in [1.82, 2.24) is 14.5 Å². The van der Waals surface area contributed by atoms with Crippen LogP contribution in [0.3, 0.4) is 0 Å².